The van der Waals surface area contributed by atoms with Gasteiger partial charge in [0, 0.05) is 17.4 Å². The zero-order valence-corrected chi connectivity index (χ0v) is 16.1. The van der Waals surface area contributed by atoms with Crippen molar-refractivity contribution in [1.29, 1.82) is 0 Å². The van der Waals surface area contributed by atoms with Crippen molar-refractivity contribution in [2.75, 3.05) is 5.32 Å². The first-order chi connectivity index (χ1) is 13.4. The highest BCUT2D eigenvalue weighted by Crippen LogP contribution is 2.23. The van der Waals surface area contributed by atoms with Gasteiger partial charge in [-0.25, -0.2) is 0 Å². The number of anilines is 1. The van der Waals surface area contributed by atoms with Gasteiger partial charge in [-0.1, -0.05) is 42.0 Å². The number of aryl methyl sites for hydroxylation is 1. The van der Waals surface area contributed by atoms with E-state index in [2.05, 4.69) is 10.3 Å². The number of amides is 1. The standard InChI is InChI=1S/C23H22N2O3/c1-15-4-10-21(11-5-15)25-23(27)20-12-22(14-24-13-20)28-17(3)19-8-6-18(7-9-19)16(2)26/h4-14,17H,1-3H3,(H,25,27). The van der Waals surface area contributed by atoms with Gasteiger partial charge >= 0.3 is 0 Å². The lowest BCUT2D eigenvalue weighted by Crippen LogP contribution is -2.12. The minimum Gasteiger partial charge on any atom is -0.484 e. The second-order valence-corrected chi connectivity index (χ2v) is 6.67. The van der Waals surface area contributed by atoms with E-state index in [1.165, 1.54) is 13.1 Å². The van der Waals surface area contributed by atoms with Crippen molar-refractivity contribution < 1.29 is 14.3 Å². The van der Waals surface area contributed by atoms with Gasteiger partial charge in [0.25, 0.3) is 5.91 Å². The first kappa shape index (κ1) is 19.3. The molecular weight excluding hydrogens is 352 g/mol. The third-order valence-corrected chi connectivity index (χ3v) is 4.38. The van der Waals surface area contributed by atoms with Crippen molar-refractivity contribution >= 4 is 17.4 Å². The predicted molar refractivity (Wildman–Crippen MR) is 109 cm³/mol. The quantitative estimate of drug-likeness (QED) is 0.618. The molecule has 0 radical (unpaired) electrons. The molecule has 1 heterocycles. The van der Waals surface area contributed by atoms with E-state index in [0.717, 1.165) is 16.8 Å². The van der Waals surface area contributed by atoms with Gasteiger partial charge in [-0.05, 0) is 44.5 Å². The molecule has 2 aromatic carbocycles. The van der Waals surface area contributed by atoms with Crippen molar-refractivity contribution in [2.24, 2.45) is 0 Å². The fraction of sp³-hybridized carbons (Fsp3) is 0.174. The van der Waals surface area contributed by atoms with Crippen molar-refractivity contribution in [3.63, 3.8) is 0 Å². The van der Waals surface area contributed by atoms with Crippen LogP contribution in [0.15, 0.2) is 67.0 Å². The molecule has 142 valence electrons. The lowest BCUT2D eigenvalue weighted by atomic mass is 10.1. The van der Waals surface area contributed by atoms with E-state index in [0.29, 0.717) is 16.9 Å². The number of hydrogen-bond acceptors (Lipinski definition) is 4. The van der Waals surface area contributed by atoms with E-state index in [1.54, 1.807) is 24.4 Å². The topological polar surface area (TPSA) is 68.3 Å². The number of carbonyl (C=O) groups excluding carboxylic acids is 2. The summed E-state index contributed by atoms with van der Waals surface area (Å²) in [6.45, 7) is 5.43. The number of benzene rings is 2. The van der Waals surface area contributed by atoms with Gasteiger partial charge in [-0.2, -0.15) is 0 Å². The van der Waals surface area contributed by atoms with Crippen LogP contribution in [0.5, 0.6) is 5.75 Å². The SMILES string of the molecule is CC(=O)c1ccc(C(C)Oc2cncc(C(=O)Nc3ccc(C)cc3)c2)cc1. The van der Waals surface area contributed by atoms with Crippen LogP contribution in [0.1, 0.15) is 51.8 Å². The molecule has 1 atom stereocenters. The molecule has 5 heteroatoms. The molecule has 0 aliphatic rings. The molecule has 0 saturated carbocycles. The number of hydrogen-bond donors (Lipinski definition) is 1. The van der Waals surface area contributed by atoms with Gasteiger partial charge < -0.3 is 10.1 Å². The van der Waals surface area contributed by atoms with Crippen molar-refractivity contribution in [3.05, 3.63) is 89.2 Å². The smallest absolute Gasteiger partial charge is 0.257 e. The zero-order valence-electron chi connectivity index (χ0n) is 16.1. The summed E-state index contributed by atoms with van der Waals surface area (Å²) < 4.78 is 5.93. The third-order valence-electron chi connectivity index (χ3n) is 4.38. The summed E-state index contributed by atoms with van der Waals surface area (Å²) in [6, 6.07) is 16.5. The highest BCUT2D eigenvalue weighted by atomic mass is 16.5. The number of rotatable bonds is 6. The minimum absolute atomic E-state index is 0.0246. The normalized spacial score (nSPS) is 11.5. The summed E-state index contributed by atoms with van der Waals surface area (Å²) in [5, 5.41) is 2.85. The molecule has 1 N–H and O–H groups in total. The number of Topliss-reactive ketones (excluding diaryl/α,β-unsaturated/α-hetero) is 1. The molecule has 0 spiro atoms. The second-order valence-electron chi connectivity index (χ2n) is 6.67. The maximum absolute atomic E-state index is 12.5. The van der Waals surface area contributed by atoms with Crippen LogP contribution < -0.4 is 10.1 Å². The van der Waals surface area contributed by atoms with Crippen LogP contribution in [0.2, 0.25) is 0 Å². The fourth-order valence-corrected chi connectivity index (χ4v) is 2.71. The highest BCUT2D eigenvalue weighted by Gasteiger charge is 2.12. The fourth-order valence-electron chi connectivity index (χ4n) is 2.71. The van der Waals surface area contributed by atoms with Crippen molar-refractivity contribution in [3.8, 4) is 5.75 Å². The number of aromatic nitrogens is 1. The minimum atomic E-state index is -0.252. The molecule has 28 heavy (non-hydrogen) atoms. The Bertz CT molecular complexity index is 979. The maximum Gasteiger partial charge on any atom is 0.257 e. The first-order valence-corrected chi connectivity index (χ1v) is 9.03. The average Bonchev–Trinajstić information content (AvgIpc) is 2.70. The van der Waals surface area contributed by atoms with Gasteiger partial charge in [0.2, 0.25) is 0 Å². The Morgan fingerprint density at radius 2 is 1.64 bits per heavy atom. The third kappa shape index (κ3) is 4.82. The van der Waals surface area contributed by atoms with E-state index < -0.39 is 0 Å². The van der Waals surface area contributed by atoms with Crippen LogP contribution in [-0.4, -0.2) is 16.7 Å². The van der Waals surface area contributed by atoms with Gasteiger partial charge in [0.05, 0.1) is 11.8 Å². The molecule has 0 fully saturated rings. The van der Waals surface area contributed by atoms with Gasteiger partial charge in [0.15, 0.2) is 5.78 Å². The number of ether oxygens (including phenoxy) is 1. The van der Waals surface area contributed by atoms with Crippen LogP contribution in [0.4, 0.5) is 5.69 Å². The summed E-state index contributed by atoms with van der Waals surface area (Å²) in [7, 11) is 0. The second kappa shape index (κ2) is 8.48. The lowest BCUT2D eigenvalue weighted by Gasteiger charge is -2.15. The molecule has 1 unspecified atom stereocenters. The summed E-state index contributed by atoms with van der Waals surface area (Å²) in [4.78, 5) is 28.0. The lowest BCUT2D eigenvalue weighted by molar-refractivity contribution is 0.101. The molecule has 0 bridgehead atoms. The van der Waals surface area contributed by atoms with E-state index >= 15 is 0 Å². The Balaban J connectivity index is 1.69. The predicted octanol–water partition coefficient (Wildman–Crippen LogP) is 4.98. The number of carbonyl (C=O) groups is 2. The number of nitrogens with zero attached hydrogens (tertiary/aromatic N) is 1. The van der Waals surface area contributed by atoms with Crippen LogP contribution in [0, 0.1) is 6.92 Å². The molecule has 1 aromatic heterocycles. The van der Waals surface area contributed by atoms with Gasteiger partial charge in [0.1, 0.15) is 11.9 Å². The molecular formula is C23H22N2O3. The first-order valence-electron chi connectivity index (χ1n) is 9.03. The number of ketones is 1. The molecule has 5 nitrogen and oxygen atoms in total. The maximum atomic E-state index is 12.5. The summed E-state index contributed by atoms with van der Waals surface area (Å²) >= 11 is 0. The summed E-state index contributed by atoms with van der Waals surface area (Å²) in [5.74, 6) is 0.275. The zero-order chi connectivity index (χ0) is 20.1. The molecule has 0 aliphatic heterocycles. The molecule has 0 saturated heterocycles. The van der Waals surface area contributed by atoms with E-state index in [1.807, 2.05) is 50.2 Å². The number of pyridine rings is 1. The molecule has 1 amide bonds. The summed E-state index contributed by atoms with van der Waals surface area (Å²) in [5.41, 5.74) is 3.85. The Labute approximate surface area is 164 Å². The van der Waals surface area contributed by atoms with Crippen molar-refractivity contribution in [2.45, 2.75) is 26.9 Å². The molecule has 3 aromatic rings. The average molecular weight is 374 g/mol. The monoisotopic (exact) mass is 374 g/mol. The Morgan fingerprint density at radius 3 is 2.29 bits per heavy atom. The Morgan fingerprint density at radius 1 is 0.964 bits per heavy atom. The van der Waals surface area contributed by atoms with Crippen molar-refractivity contribution in [1.82, 2.24) is 4.98 Å². The van der Waals surface area contributed by atoms with Crippen LogP contribution >= 0.6 is 0 Å². The van der Waals surface area contributed by atoms with Gasteiger partial charge in [-0.3, -0.25) is 14.6 Å². The van der Waals surface area contributed by atoms with Crippen LogP contribution in [-0.2, 0) is 0 Å². The Hall–Kier alpha value is -3.47. The molecule has 0 aliphatic carbocycles. The van der Waals surface area contributed by atoms with E-state index in [9.17, 15) is 9.59 Å². The van der Waals surface area contributed by atoms with Crippen LogP contribution in [0.25, 0.3) is 0 Å². The van der Waals surface area contributed by atoms with E-state index in [4.69, 9.17) is 4.74 Å². The molecule has 3 rings (SSSR count). The Kier molecular flexibility index (Phi) is 5.84. The largest absolute Gasteiger partial charge is 0.484 e. The van der Waals surface area contributed by atoms with E-state index in [-0.39, 0.29) is 17.8 Å². The summed E-state index contributed by atoms with van der Waals surface area (Å²) in [6.07, 6.45) is 2.82. The van der Waals surface area contributed by atoms with Gasteiger partial charge in [-0.15, -0.1) is 0 Å². The number of nitrogens with one attached hydrogen (secondary N) is 1. The highest BCUT2D eigenvalue weighted by molar-refractivity contribution is 6.04. The van der Waals surface area contributed by atoms with Crippen LogP contribution in [0.3, 0.4) is 0 Å².